The Hall–Kier alpha value is -4.91. The van der Waals surface area contributed by atoms with Crippen LogP contribution in [0.25, 0.3) is 16.5 Å². The molecule has 5 rings (SSSR count). The molecule has 0 atom stereocenters. The highest BCUT2D eigenvalue weighted by atomic mass is 32.2. The number of Topliss-reactive ketones (excluding diaryl/α,β-unsaturated/α-hetero) is 1. The number of ether oxygens (including phenoxy) is 1. The van der Waals surface area contributed by atoms with E-state index in [0.717, 1.165) is 12.1 Å². The van der Waals surface area contributed by atoms with Gasteiger partial charge in [-0.05, 0) is 48.0 Å². The number of aromatic nitrogens is 2. The molecule has 13 heteroatoms. The quantitative estimate of drug-likeness (QED) is 0.326. The highest BCUT2D eigenvalue weighted by molar-refractivity contribution is 7.90. The molecule has 1 aliphatic carbocycles. The number of carbonyl (C=O) groups is 2. The lowest BCUT2D eigenvalue weighted by Gasteiger charge is -2.15. The number of nitrogens with zero attached hydrogens (tertiary/aromatic N) is 2. The van der Waals surface area contributed by atoms with Crippen molar-refractivity contribution in [3.8, 4) is 5.75 Å². The number of nitrogens with two attached hydrogens (primary N) is 1. The van der Waals surface area contributed by atoms with Gasteiger partial charge in [-0.3, -0.25) is 9.59 Å². The molecule has 2 aromatic carbocycles. The number of alkyl halides is 3. The molecule has 0 bridgehead atoms. The normalized spacial score (nSPS) is 13.7. The minimum atomic E-state index is -5.00. The number of allylic oxidation sites excluding steroid dienone is 4. The van der Waals surface area contributed by atoms with Gasteiger partial charge >= 0.3 is 6.36 Å². The SMILES string of the molecule is Nc1cc(Cn2c(C(=O)NS(=O)(=O)c3ccccc3)c(C3=CC=CCC3=O)c3cc(OC(F)(F)F)ccc32)ccn1. The van der Waals surface area contributed by atoms with Gasteiger partial charge in [-0.25, -0.2) is 18.1 Å². The summed E-state index contributed by atoms with van der Waals surface area (Å²) in [6, 6.07) is 13.7. The van der Waals surface area contributed by atoms with Gasteiger partial charge in [0.1, 0.15) is 17.3 Å². The molecule has 0 spiro atoms. The van der Waals surface area contributed by atoms with Crippen LogP contribution in [-0.4, -0.2) is 36.0 Å². The van der Waals surface area contributed by atoms with E-state index >= 15 is 0 Å². The van der Waals surface area contributed by atoms with Crippen molar-refractivity contribution >= 4 is 44.0 Å². The molecule has 0 fully saturated rings. The first-order valence-corrected chi connectivity index (χ1v) is 13.6. The number of sulfonamides is 1. The number of amides is 1. The lowest BCUT2D eigenvalue weighted by Crippen LogP contribution is -2.33. The second-order valence-electron chi connectivity index (χ2n) is 9.01. The van der Waals surface area contributed by atoms with Gasteiger partial charge in [0.25, 0.3) is 15.9 Å². The Labute approximate surface area is 231 Å². The van der Waals surface area contributed by atoms with E-state index in [2.05, 4.69) is 9.72 Å². The minimum Gasteiger partial charge on any atom is -0.406 e. The number of fused-ring (bicyclic) bond motifs is 1. The fourth-order valence-corrected chi connectivity index (χ4v) is 5.55. The van der Waals surface area contributed by atoms with E-state index < -0.39 is 33.8 Å². The van der Waals surface area contributed by atoms with Crippen LogP contribution in [0.4, 0.5) is 19.0 Å². The van der Waals surface area contributed by atoms with E-state index in [4.69, 9.17) is 5.73 Å². The molecule has 2 heterocycles. The second-order valence-corrected chi connectivity index (χ2v) is 10.7. The number of anilines is 1. The Morgan fingerprint density at radius 2 is 1.85 bits per heavy atom. The van der Waals surface area contributed by atoms with Gasteiger partial charge in [0, 0.05) is 41.2 Å². The van der Waals surface area contributed by atoms with Gasteiger partial charge < -0.3 is 15.0 Å². The number of rotatable bonds is 7. The zero-order valence-electron chi connectivity index (χ0n) is 21.1. The summed E-state index contributed by atoms with van der Waals surface area (Å²) < 4.78 is 73.1. The number of benzene rings is 2. The van der Waals surface area contributed by atoms with Crippen molar-refractivity contribution in [2.45, 2.75) is 24.2 Å². The van der Waals surface area contributed by atoms with Gasteiger partial charge in [0.15, 0.2) is 5.78 Å². The van der Waals surface area contributed by atoms with Crippen LogP contribution in [0.1, 0.15) is 28.0 Å². The van der Waals surface area contributed by atoms with Gasteiger partial charge in [0.05, 0.1) is 4.90 Å². The van der Waals surface area contributed by atoms with Crippen LogP contribution in [-0.2, 0) is 21.4 Å². The first-order valence-electron chi connectivity index (χ1n) is 12.1. The Morgan fingerprint density at radius 1 is 1.10 bits per heavy atom. The Bertz CT molecular complexity index is 1850. The summed E-state index contributed by atoms with van der Waals surface area (Å²) in [6.07, 6.45) is 0.989. The number of nitrogen functional groups attached to an aromatic ring is 1. The number of hydrogen-bond acceptors (Lipinski definition) is 7. The molecular formula is C28H21F3N4O5S. The molecule has 41 heavy (non-hydrogen) atoms. The Balaban J connectivity index is 1.77. The van der Waals surface area contributed by atoms with Crippen LogP contribution in [0.5, 0.6) is 5.75 Å². The number of nitrogens with one attached hydrogen (secondary N) is 1. The van der Waals surface area contributed by atoms with Gasteiger partial charge in [0.2, 0.25) is 0 Å². The van der Waals surface area contributed by atoms with Gasteiger partial charge in [-0.1, -0.05) is 36.4 Å². The predicted octanol–water partition coefficient (Wildman–Crippen LogP) is 4.60. The van der Waals surface area contributed by atoms with Crippen molar-refractivity contribution in [3.05, 3.63) is 102 Å². The molecule has 1 aliphatic rings. The maximum absolute atomic E-state index is 13.8. The van der Waals surface area contributed by atoms with Crippen LogP contribution in [0.3, 0.4) is 0 Å². The van der Waals surface area contributed by atoms with E-state index in [1.807, 2.05) is 4.72 Å². The molecule has 0 aliphatic heterocycles. The summed E-state index contributed by atoms with van der Waals surface area (Å²) in [5.41, 5.74) is 6.36. The third kappa shape index (κ3) is 5.84. The summed E-state index contributed by atoms with van der Waals surface area (Å²) in [5, 5.41) is 0.0749. The lowest BCUT2D eigenvalue weighted by molar-refractivity contribution is -0.274. The van der Waals surface area contributed by atoms with E-state index in [9.17, 15) is 31.2 Å². The number of hydrogen-bond donors (Lipinski definition) is 2. The third-order valence-corrected chi connectivity index (χ3v) is 7.57. The molecule has 1 amide bonds. The first kappa shape index (κ1) is 27.6. The molecule has 210 valence electrons. The maximum Gasteiger partial charge on any atom is 0.573 e. The molecule has 0 unspecified atom stereocenters. The standard InChI is InChI=1S/C28H21F3N4O5S/c29-28(30,31)40-18-10-11-22-21(15-18)25(20-8-4-5-9-23(20)36)26(35(22)16-17-12-13-33-24(32)14-17)27(37)34-41(38,39)19-6-2-1-3-7-19/h1-8,10-15H,9,16H2,(H2,32,33)(H,34,37). The molecule has 9 nitrogen and oxygen atoms in total. The molecule has 0 saturated heterocycles. The third-order valence-electron chi connectivity index (χ3n) is 6.22. The van der Waals surface area contributed by atoms with Crippen molar-refractivity contribution < 1.29 is 35.9 Å². The fourth-order valence-electron chi connectivity index (χ4n) is 4.57. The molecule has 0 saturated carbocycles. The smallest absolute Gasteiger partial charge is 0.406 e. The molecular weight excluding hydrogens is 561 g/mol. The largest absolute Gasteiger partial charge is 0.573 e. The summed E-state index contributed by atoms with van der Waals surface area (Å²) in [7, 11) is -4.37. The number of pyridine rings is 1. The number of carbonyl (C=O) groups excluding carboxylic acids is 2. The Morgan fingerprint density at radius 3 is 2.54 bits per heavy atom. The van der Waals surface area contributed by atoms with Crippen molar-refractivity contribution in [2.75, 3.05) is 5.73 Å². The van der Waals surface area contributed by atoms with Gasteiger partial charge in [-0.2, -0.15) is 0 Å². The zero-order chi connectivity index (χ0) is 29.4. The van der Waals surface area contributed by atoms with Crippen LogP contribution < -0.4 is 15.2 Å². The predicted molar refractivity (Wildman–Crippen MR) is 144 cm³/mol. The first-order chi connectivity index (χ1) is 19.4. The maximum atomic E-state index is 13.8. The monoisotopic (exact) mass is 582 g/mol. The number of halogens is 3. The highest BCUT2D eigenvalue weighted by Crippen LogP contribution is 2.38. The Kier molecular flexibility index (Phi) is 7.13. The summed E-state index contributed by atoms with van der Waals surface area (Å²) in [6.45, 7) is -0.0614. The van der Waals surface area contributed by atoms with Crippen LogP contribution in [0.15, 0.2) is 90.0 Å². The second kappa shape index (κ2) is 10.6. The lowest BCUT2D eigenvalue weighted by atomic mass is 9.93. The summed E-state index contributed by atoms with van der Waals surface area (Å²) in [4.78, 5) is 30.6. The van der Waals surface area contributed by atoms with Crippen LogP contribution in [0.2, 0.25) is 0 Å². The topological polar surface area (TPSA) is 133 Å². The number of ketones is 1. The highest BCUT2D eigenvalue weighted by Gasteiger charge is 2.34. The van der Waals surface area contributed by atoms with Crippen LogP contribution >= 0.6 is 0 Å². The molecule has 2 aromatic heterocycles. The van der Waals surface area contributed by atoms with Crippen molar-refractivity contribution in [2.24, 2.45) is 0 Å². The van der Waals surface area contributed by atoms with Crippen LogP contribution in [0, 0.1) is 0 Å². The van der Waals surface area contributed by atoms with Crippen molar-refractivity contribution in [3.63, 3.8) is 0 Å². The molecule has 3 N–H and O–H groups in total. The van der Waals surface area contributed by atoms with Crippen molar-refractivity contribution in [1.82, 2.24) is 14.3 Å². The van der Waals surface area contributed by atoms with E-state index in [1.165, 1.54) is 53.2 Å². The average Bonchev–Trinajstić information content (AvgIpc) is 3.21. The van der Waals surface area contributed by atoms with Crippen molar-refractivity contribution in [1.29, 1.82) is 0 Å². The average molecular weight is 583 g/mol. The zero-order valence-corrected chi connectivity index (χ0v) is 21.9. The summed E-state index contributed by atoms with van der Waals surface area (Å²) >= 11 is 0. The van der Waals surface area contributed by atoms with E-state index in [1.54, 1.807) is 24.3 Å². The van der Waals surface area contributed by atoms with E-state index in [0.29, 0.717) is 5.56 Å². The minimum absolute atomic E-state index is 0.0249. The van der Waals surface area contributed by atoms with Gasteiger partial charge in [-0.15, -0.1) is 13.2 Å². The molecule has 4 aromatic rings. The summed E-state index contributed by atoms with van der Waals surface area (Å²) in [5.74, 6) is -1.92. The fraction of sp³-hybridized carbons (Fsp3) is 0.107. The van der Waals surface area contributed by atoms with E-state index in [-0.39, 0.29) is 51.4 Å². The molecule has 0 radical (unpaired) electrons.